The van der Waals surface area contributed by atoms with Crippen LogP contribution in [0, 0.1) is 11.8 Å². The molecule has 11 N–H and O–H groups in total. The lowest BCUT2D eigenvalue weighted by molar-refractivity contribution is -0.346. The van der Waals surface area contributed by atoms with Crippen molar-refractivity contribution < 1.29 is 69.4 Å². The Balaban J connectivity index is 1.40. The summed E-state index contributed by atoms with van der Waals surface area (Å²) in [7, 11) is 0. The third-order valence-electron chi connectivity index (χ3n) is 12.1. The molecule has 0 aliphatic carbocycles. The molecule has 0 bridgehead atoms. The van der Waals surface area contributed by atoms with Crippen LogP contribution in [0.5, 0.6) is 0 Å². The third kappa shape index (κ3) is 14.6. The van der Waals surface area contributed by atoms with Crippen molar-refractivity contribution in [3.8, 4) is 0 Å². The number of amides is 2. The smallest absolute Gasteiger partial charge is 0.330 e. The quantitative estimate of drug-likeness (QED) is 0.0564. The van der Waals surface area contributed by atoms with Crippen molar-refractivity contribution in [2.75, 3.05) is 6.61 Å². The highest BCUT2D eigenvalue weighted by atomic mass is 16.8. The fourth-order valence-corrected chi connectivity index (χ4v) is 8.54. The van der Waals surface area contributed by atoms with Gasteiger partial charge in [-0.05, 0) is 24.7 Å². The van der Waals surface area contributed by atoms with Crippen LogP contribution < -0.4 is 21.9 Å². The van der Waals surface area contributed by atoms with Crippen molar-refractivity contribution in [3.63, 3.8) is 0 Å². The first-order valence-electron chi connectivity index (χ1n) is 22.3. The predicted octanol–water partition coefficient (Wildman–Crippen LogP) is -0.838. The Hall–Kier alpha value is -2.86. The maximum absolute atomic E-state index is 13.4. The molecular weight excluding hydrogens is 816 g/mol. The lowest BCUT2D eigenvalue weighted by Gasteiger charge is -2.47. The number of hydrogen-bond acceptors (Lipinski definition) is 16. The predicted molar refractivity (Wildman–Crippen MR) is 221 cm³/mol. The zero-order valence-electron chi connectivity index (χ0n) is 36.4. The molecule has 0 radical (unpaired) electrons. The fourth-order valence-electron chi connectivity index (χ4n) is 8.54. The summed E-state index contributed by atoms with van der Waals surface area (Å²) in [6.45, 7) is 6.46. The minimum Gasteiger partial charge on any atom is -0.394 e. The van der Waals surface area contributed by atoms with Crippen molar-refractivity contribution in [1.82, 2.24) is 20.2 Å². The summed E-state index contributed by atoms with van der Waals surface area (Å²) in [6.07, 6.45) is -6.33. The number of aromatic amines is 1. The number of unbranched alkanes of at least 4 members (excludes halogenated alkanes) is 9. The van der Waals surface area contributed by atoms with Crippen LogP contribution in [0.4, 0.5) is 0 Å². The molecule has 2 amide bonds. The van der Waals surface area contributed by atoms with Crippen LogP contribution in [0.25, 0.3) is 0 Å². The average Bonchev–Trinajstić information content (AvgIpc) is 3.50. The topological polar surface area (TPSA) is 312 Å². The SMILES string of the molecule is CC(=O)N[C@H]1[C@H](O[C@@H]2O[C@H](C[C@@H](C)[C@H]3O[C@@H](n4ccc(=O)[nH]c4=O)[C@H](O)[C@@H]3O)[C@H](O)[C@H](O)[C@H]2NC(=O)CC(O)CCCCCCCCCCCCC(C)C)O[C@@H](CO)[C@H](O)[C@@H]1O. The number of ether oxygens (including phenoxy) is 4. The minimum absolute atomic E-state index is 0.182. The number of H-pyrrole nitrogens is 1. The zero-order valence-corrected chi connectivity index (χ0v) is 36.4. The van der Waals surface area contributed by atoms with Crippen LogP contribution in [-0.2, 0) is 28.5 Å². The first-order chi connectivity index (χ1) is 29.4. The van der Waals surface area contributed by atoms with Crippen LogP contribution in [0.3, 0.4) is 0 Å². The normalized spacial score (nSPS) is 33.6. The molecule has 1 unspecified atom stereocenters. The van der Waals surface area contributed by atoms with Gasteiger partial charge in [0.15, 0.2) is 18.8 Å². The lowest BCUT2D eigenvalue weighted by atomic mass is 9.87. The van der Waals surface area contributed by atoms with Crippen LogP contribution >= 0.6 is 0 Å². The van der Waals surface area contributed by atoms with Gasteiger partial charge in [-0.15, -0.1) is 0 Å². The van der Waals surface area contributed by atoms with Gasteiger partial charge in [0.1, 0.15) is 54.8 Å². The molecule has 0 aromatic carbocycles. The number of rotatable bonds is 24. The maximum atomic E-state index is 13.4. The van der Waals surface area contributed by atoms with Gasteiger partial charge in [0, 0.05) is 19.2 Å². The molecule has 0 spiro atoms. The summed E-state index contributed by atoms with van der Waals surface area (Å²) < 4.78 is 24.8. The van der Waals surface area contributed by atoms with E-state index in [1.54, 1.807) is 6.92 Å². The number of aromatic nitrogens is 2. The van der Waals surface area contributed by atoms with Gasteiger partial charge in [0.2, 0.25) is 11.8 Å². The second-order valence-electron chi connectivity index (χ2n) is 17.8. The van der Waals surface area contributed by atoms with Gasteiger partial charge >= 0.3 is 5.69 Å². The van der Waals surface area contributed by atoms with Gasteiger partial charge in [-0.1, -0.05) is 91.4 Å². The molecule has 1 aromatic rings. The summed E-state index contributed by atoms with van der Waals surface area (Å²) in [6, 6.07) is -1.93. The molecule has 0 saturated carbocycles. The molecule has 4 heterocycles. The highest BCUT2D eigenvalue weighted by molar-refractivity contribution is 5.77. The summed E-state index contributed by atoms with van der Waals surface area (Å²) >= 11 is 0. The van der Waals surface area contributed by atoms with Gasteiger partial charge in [0.25, 0.3) is 5.56 Å². The molecule has 20 heteroatoms. The van der Waals surface area contributed by atoms with Crippen molar-refractivity contribution in [2.45, 2.75) is 210 Å². The summed E-state index contributed by atoms with van der Waals surface area (Å²) in [5.74, 6) is -1.37. The number of aliphatic hydroxyl groups is 8. The van der Waals surface area contributed by atoms with Gasteiger partial charge < -0.3 is 70.4 Å². The highest BCUT2D eigenvalue weighted by Gasteiger charge is 2.53. The van der Waals surface area contributed by atoms with E-state index in [1.165, 1.54) is 38.5 Å². The van der Waals surface area contributed by atoms with Crippen LogP contribution in [0.1, 0.15) is 124 Å². The molecule has 356 valence electrons. The number of nitrogens with zero attached hydrogens (tertiary/aromatic N) is 1. The molecule has 20 nitrogen and oxygen atoms in total. The molecule has 3 fully saturated rings. The average molecular weight is 889 g/mol. The van der Waals surface area contributed by atoms with E-state index < -0.39 is 128 Å². The van der Waals surface area contributed by atoms with E-state index in [4.69, 9.17) is 18.9 Å². The highest BCUT2D eigenvalue weighted by Crippen LogP contribution is 2.37. The lowest BCUT2D eigenvalue weighted by Crippen LogP contribution is -2.68. The first kappa shape index (κ1) is 51.8. The second kappa shape index (κ2) is 25.0. The van der Waals surface area contributed by atoms with E-state index in [2.05, 4.69) is 29.5 Å². The summed E-state index contributed by atoms with van der Waals surface area (Å²) in [5, 5.41) is 91.8. The Morgan fingerprint density at radius 1 is 0.742 bits per heavy atom. The molecule has 3 saturated heterocycles. The molecule has 1 aromatic heterocycles. The Morgan fingerprint density at radius 2 is 1.27 bits per heavy atom. The summed E-state index contributed by atoms with van der Waals surface area (Å²) in [4.78, 5) is 51.6. The van der Waals surface area contributed by atoms with E-state index in [1.807, 2.05) is 0 Å². The van der Waals surface area contributed by atoms with E-state index in [0.717, 1.165) is 55.4 Å². The Kier molecular flexibility index (Phi) is 20.9. The number of carbonyl (C=O) groups is 2. The minimum atomic E-state index is -1.80. The van der Waals surface area contributed by atoms with Crippen LogP contribution in [-0.4, -0.2) is 155 Å². The van der Waals surface area contributed by atoms with E-state index >= 15 is 0 Å². The van der Waals surface area contributed by atoms with Crippen molar-refractivity contribution in [1.29, 1.82) is 0 Å². The van der Waals surface area contributed by atoms with E-state index in [0.29, 0.717) is 12.8 Å². The third-order valence-corrected chi connectivity index (χ3v) is 12.1. The second-order valence-corrected chi connectivity index (χ2v) is 17.8. The monoisotopic (exact) mass is 888 g/mol. The molecule has 62 heavy (non-hydrogen) atoms. The fraction of sp³-hybridized carbons (Fsp3) is 0.857. The Morgan fingerprint density at radius 3 is 1.82 bits per heavy atom. The van der Waals surface area contributed by atoms with E-state index in [-0.39, 0.29) is 12.8 Å². The van der Waals surface area contributed by atoms with Gasteiger partial charge in [-0.2, -0.15) is 0 Å². The Labute approximate surface area is 361 Å². The van der Waals surface area contributed by atoms with Crippen molar-refractivity contribution in [3.05, 3.63) is 33.1 Å². The van der Waals surface area contributed by atoms with Crippen molar-refractivity contribution in [2.24, 2.45) is 11.8 Å². The molecule has 4 rings (SSSR count). The van der Waals surface area contributed by atoms with Gasteiger partial charge in [-0.3, -0.25) is 23.9 Å². The molecule has 3 aliphatic rings. The number of hydrogen-bond donors (Lipinski definition) is 11. The molecular formula is C42H72N4O16. The number of nitrogens with one attached hydrogen (secondary N) is 3. The van der Waals surface area contributed by atoms with Gasteiger partial charge in [0.05, 0.1) is 31.3 Å². The summed E-state index contributed by atoms with van der Waals surface area (Å²) in [5.41, 5.74) is -1.57. The first-order valence-corrected chi connectivity index (χ1v) is 22.3. The molecule has 3 aliphatic heterocycles. The molecule has 16 atom stereocenters. The zero-order chi connectivity index (χ0) is 45.7. The largest absolute Gasteiger partial charge is 0.394 e. The van der Waals surface area contributed by atoms with E-state index in [9.17, 15) is 60.0 Å². The Bertz CT molecular complexity index is 1630. The number of carbonyl (C=O) groups excluding carboxylic acids is 2. The maximum Gasteiger partial charge on any atom is 0.330 e. The number of aliphatic hydroxyl groups excluding tert-OH is 8. The van der Waals surface area contributed by atoms with Crippen LogP contribution in [0.2, 0.25) is 0 Å². The van der Waals surface area contributed by atoms with Crippen LogP contribution in [0.15, 0.2) is 21.9 Å². The van der Waals surface area contributed by atoms with Crippen molar-refractivity contribution >= 4 is 11.8 Å². The standard InChI is InChI=1S/C42H72N4O16/c1-22(2)15-13-11-9-7-5-6-8-10-12-14-16-25(49)20-29(51)44-31-35(55)32(52)26(59-41(31)62-40-30(43-24(4)48)34(54)33(53)27(21-47)60-40)19-23(3)38-36(56)37(57)39(61-38)46-18-17-28(50)45-42(46)58/h17-18,22-23,25-27,30-41,47,49,52-57H,5-16,19-21H2,1-4H3,(H,43,48)(H,44,51)(H,45,50,58)/t23-,25?,26-,27+,30-,31-,32+,33+,34-,35-,36+,37-,38-,39-,40+,41+/m1/s1. The van der Waals surface area contributed by atoms with Gasteiger partial charge in [-0.25, -0.2) is 4.79 Å².